The molecule has 0 saturated carbocycles. The number of para-hydroxylation sites is 1. The molecular weight excluding hydrogens is 286 g/mol. The summed E-state index contributed by atoms with van der Waals surface area (Å²) in [6.45, 7) is 0.720. The lowest BCUT2D eigenvalue weighted by molar-refractivity contribution is 0.463. The lowest BCUT2D eigenvalue weighted by Crippen LogP contribution is -2.37. The Bertz CT molecular complexity index is 681. The number of benzene rings is 1. The van der Waals surface area contributed by atoms with Gasteiger partial charge in [-0.2, -0.15) is 5.10 Å². The molecule has 1 aliphatic heterocycles. The predicted molar refractivity (Wildman–Crippen MR) is 82.1 cm³/mol. The minimum absolute atomic E-state index is 0.286. The van der Waals surface area contributed by atoms with Gasteiger partial charge in [-0.25, -0.2) is 13.1 Å². The van der Waals surface area contributed by atoms with Crippen LogP contribution in [0.5, 0.6) is 0 Å². The van der Waals surface area contributed by atoms with Gasteiger partial charge in [0, 0.05) is 24.3 Å². The van der Waals surface area contributed by atoms with Crippen LogP contribution in [0.1, 0.15) is 18.4 Å². The number of nitrogens with zero attached hydrogens (tertiary/aromatic N) is 2. The van der Waals surface area contributed by atoms with Gasteiger partial charge < -0.3 is 5.32 Å². The van der Waals surface area contributed by atoms with Crippen molar-refractivity contribution in [2.24, 2.45) is 0 Å². The number of nitrogens with one attached hydrogen (secondary N) is 1. The van der Waals surface area contributed by atoms with Crippen molar-refractivity contribution in [3.05, 3.63) is 48.3 Å². The summed E-state index contributed by atoms with van der Waals surface area (Å²) in [5.41, 5.74) is 2.14. The molecule has 1 fully saturated rings. The van der Waals surface area contributed by atoms with Crippen LogP contribution >= 0.6 is 0 Å². The summed E-state index contributed by atoms with van der Waals surface area (Å²) in [5, 5.41) is 7.78. The summed E-state index contributed by atoms with van der Waals surface area (Å²) in [7, 11) is -2.79. The zero-order valence-electron chi connectivity index (χ0n) is 11.8. The van der Waals surface area contributed by atoms with Gasteiger partial charge in [-0.15, -0.1) is 0 Å². The van der Waals surface area contributed by atoms with Crippen LogP contribution in [-0.4, -0.2) is 35.7 Å². The van der Waals surface area contributed by atoms with E-state index in [-0.39, 0.29) is 6.04 Å². The van der Waals surface area contributed by atoms with E-state index >= 15 is 0 Å². The fourth-order valence-corrected chi connectivity index (χ4v) is 4.02. The van der Waals surface area contributed by atoms with Crippen LogP contribution in [-0.2, 0) is 16.4 Å². The van der Waals surface area contributed by atoms with Gasteiger partial charge in [-0.1, -0.05) is 18.2 Å². The highest BCUT2D eigenvalue weighted by molar-refractivity contribution is 7.91. The Balaban J connectivity index is 1.56. The van der Waals surface area contributed by atoms with Gasteiger partial charge in [-0.3, -0.25) is 0 Å². The third-order valence-corrected chi connectivity index (χ3v) is 5.52. The van der Waals surface area contributed by atoms with E-state index in [1.54, 1.807) is 0 Å². The molecule has 21 heavy (non-hydrogen) atoms. The zero-order valence-corrected chi connectivity index (χ0v) is 12.6. The minimum Gasteiger partial charge on any atom is -0.310 e. The van der Waals surface area contributed by atoms with Gasteiger partial charge in [0.25, 0.3) is 0 Å². The van der Waals surface area contributed by atoms with Gasteiger partial charge in [0.2, 0.25) is 0 Å². The average Bonchev–Trinajstić information content (AvgIpc) is 2.96. The van der Waals surface area contributed by atoms with E-state index < -0.39 is 9.84 Å². The molecule has 0 aliphatic carbocycles. The van der Waals surface area contributed by atoms with Crippen molar-refractivity contribution >= 4 is 9.84 Å². The van der Waals surface area contributed by atoms with Crippen molar-refractivity contribution in [1.82, 2.24) is 15.1 Å². The fourth-order valence-electron chi connectivity index (χ4n) is 2.53. The molecule has 1 saturated heterocycles. The SMILES string of the molecule is O=S1(=O)CCC(NCc2cnn(-c3ccccc3)c2)CC1. The molecule has 0 spiro atoms. The molecule has 3 rings (SSSR count). The summed E-state index contributed by atoms with van der Waals surface area (Å²) in [6, 6.07) is 10.3. The van der Waals surface area contributed by atoms with E-state index in [1.165, 1.54) is 0 Å². The molecule has 0 radical (unpaired) electrons. The highest BCUT2D eigenvalue weighted by atomic mass is 32.2. The van der Waals surface area contributed by atoms with Crippen LogP contribution < -0.4 is 5.32 Å². The molecule has 1 aromatic heterocycles. The first-order valence-corrected chi connectivity index (χ1v) is 8.97. The van der Waals surface area contributed by atoms with Gasteiger partial charge in [-0.05, 0) is 25.0 Å². The first kappa shape index (κ1) is 14.3. The average molecular weight is 305 g/mol. The number of hydrogen-bond donors (Lipinski definition) is 1. The molecule has 0 unspecified atom stereocenters. The van der Waals surface area contributed by atoms with E-state index in [2.05, 4.69) is 10.4 Å². The highest BCUT2D eigenvalue weighted by Crippen LogP contribution is 2.13. The van der Waals surface area contributed by atoms with E-state index in [9.17, 15) is 8.42 Å². The Morgan fingerprint density at radius 2 is 1.90 bits per heavy atom. The second-order valence-corrected chi connectivity index (χ2v) is 7.74. The Kier molecular flexibility index (Phi) is 4.07. The molecule has 0 amide bonds. The molecule has 5 nitrogen and oxygen atoms in total. The van der Waals surface area contributed by atoms with Crippen LogP contribution in [0.25, 0.3) is 5.69 Å². The van der Waals surface area contributed by atoms with Crippen molar-refractivity contribution in [2.45, 2.75) is 25.4 Å². The quantitative estimate of drug-likeness (QED) is 0.930. The second kappa shape index (κ2) is 5.99. The minimum atomic E-state index is -2.79. The van der Waals surface area contributed by atoms with Gasteiger partial charge >= 0.3 is 0 Å². The summed E-state index contributed by atoms with van der Waals surface area (Å²) >= 11 is 0. The lowest BCUT2D eigenvalue weighted by Gasteiger charge is -2.22. The first-order valence-electron chi connectivity index (χ1n) is 7.15. The van der Waals surface area contributed by atoms with Gasteiger partial charge in [0.15, 0.2) is 0 Å². The summed E-state index contributed by atoms with van der Waals surface area (Å²) in [5.74, 6) is 0.599. The van der Waals surface area contributed by atoms with Crippen LogP contribution in [0.15, 0.2) is 42.7 Å². The fraction of sp³-hybridized carbons (Fsp3) is 0.400. The Hall–Kier alpha value is -1.66. The summed E-state index contributed by atoms with van der Waals surface area (Å²) in [4.78, 5) is 0. The number of sulfone groups is 1. The molecule has 2 aromatic rings. The van der Waals surface area contributed by atoms with Crippen molar-refractivity contribution in [1.29, 1.82) is 0 Å². The van der Waals surface area contributed by atoms with E-state index in [0.29, 0.717) is 24.3 Å². The van der Waals surface area contributed by atoms with Crippen LogP contribution in [0.3, 0.4) is 0 Å². The summed E-state index contributed by atoms with van der Waals surface area (Å²) < 4.78 is 24.6. The van der Waals surface area contributed by atoms with Crippen molar-refractivity contribution < 1.29 is 8.42 Å². The maximum atomic E-state index is 11.4. The molecule has 1 aromatic carbocycles. The molecule has 1 N–H and O–H groups in total. The number of aromatic nitrogens is 2. The predicted octanol–water partition coefficient (Wildman–Crippen LogP) is 1.54. The van der Waals surface area contributed by atoms with Crippen LogP contribution in [0, 0.1) is 0 Å². The van der Waals surface area contributed by atoms with Crippen molar-refractivity contribution in [3.63, 3.8) is 0 Å². The van der Waals surface area contributed by atoms with Crippen molar-refractivity contribution in [3.8, 4) is 5.69 Å². The second-order valence-electron chi connectivity index (χ2n) is 5.44. The van der Waals surface area contributed by atoms with E-state index in [1.807, 2.05) is 47.4 Å². The smallest absolute Gasteiger partial charge is 0.150 e. The molecule has 1 aliphatic rings. The van der Waals surface area contributed by atoms with E-state index in [4.69, 9.17) is 0 Å². The molecule has 6 heteroatoms. The zero-order chi connectivity index (χ0) is 14.7. The number of hydrogen-bond acceptors (Lipinski definition) is 4. The van der Waals surface area contributed by atoms with E-state index in [0.717, 1.165) is 17.8 Å². The van der Waals surface area contributed by atoms with Gasteiger partial charge in [0.1, 0.15) is 9.84 Å². The third kappa shape index (κ3) is 3.71. The molecule has 0 atom stereocenters. The maximum absolute atomic E-state index is 11.4. The van der Waals surface area contributed by atoms with Crippen LogP contribution in [0.4, 0.5) is 0 Å². The monoisotopic (exact) mass is 305 g/mol. The Labute approximate surface area is 124 Å². The Morgan fingerprint density at radius 3 is 2.62 bits per heavy atom. The highest BCUT2D eigenvalue weighted by Gasteiger charge is 2.23. The number of rotatable bonds is 4. The molecule has 0 bridgehead atoms. The molecular formula is C15H19N3O2S. The largest absolute Gasteiger partial charge is 0.310 e. The van der Waals surface area contributed by atoms with Crippen molar-refractivity contribution in [2.75, 3.05) is 11.5 Å². The maximum Gasteiger partial charge on any atom is 0.150 e. The van der Waals surface area contributed by atoms with Crippen LogP contribution in [0.2, 0.25) is 0 Å². The Morgan fingerprint density at radius 1 is 1.19 bits per heavy atom. The standard InChI is InChI=1S/C15H19N3O2S/c19-21(20)8-6-14(7-9-21)16-10-13-11-17-18(12-13)15-4-2-1-3-5-15/h1-5,11-12,14,16H,6-10H2. The summed E-state index contributed by atoms with van der Waals surface area (Å²) in [6.07, 6.45) is 5.26. The molecule has 2 heterocycles. The molecule has 112 valence electrons. The normalized spacial score (nSPS) is 18.7. The van der Waals surface area contributed by atoms with Gasteiger partial charge in [0.05, 0.1) is 23.4 Å². The first-order chi connectivity index (χ1) is 10.1. The third-order valence-electron chi connectivity index (χ3n) is 3.81. The topological polar surface area (TPSA) is 64.0 Å². The lowest BCUT2D eigenvalue weighted by atomic mass is 10.1.